The van der Waals surface area contributed by atoms with Gasteiger partial charge in [-0.1, -0.05) is 144 Å². The molecule has 11 rings (SSSR count). The lowest BCUT2D eigenvalue weighted by atomic mass is 9.70. The van der Waals surface area contributed by atoms with Crippen LogP contribution in [0.3, 0.4) is 0 Å². The molecule has 6 amide bonds. The molecule has 0 spiro atoms. The number of aryl methyl sites for hydroxylation is 2. The van der Waals surface area contributed by atoms with Crippen LogP contribution >= 0.6 is 46.2 Å². The summed E-state index contributed by atoms with van der Waals surface area (Å²) >= 11 is 6.56. The number of fused-ring (bicyclic) bond motifs is 4. The number of rotatable bonds is 33. The van der Waals surface area contributed by atoms with Crippen LogP contribution in [0.5, 0.6) is 0 Å². The Morgan fingerprint density at radius 2 is 0.894 bits per heavy atom. The van der Waals surface area contributed by atoms with E-state index in [1.165, 1.54) is 0 Å². The molecule has 1 fully saturated rings. The molecule has 113 heavy (non-hydrogen) atoms. The highest BCUT2D eigenvalue weighted by Gasteiger charge is 2.50. The lowest BCUT2D eigenvalue weighted by Crippen LogP contribution is -3.00. The zero-order valence-electron chi connectivity index (χ0n) is 63.1. The van der Waals surface area contributed by atoms with Gasteiger partial charge in [-0.05, 0) is 150 Å². The number of aliphatic carboxylic acids is 1. The van der Waals surface area contributed by atoms with E-state index in [0.29, 0.717) is 54.7 Å². The molecule has 5 aliphatic rings. The molecule has 3 aliphatic heterocycles. The van der Waals surface area contributed by atoms with Crippen molar-refractivity contribution in [2.45, 2.75) is 140 Å². The molecule has 0 radical (unpaired) electrons. The zero-order chi connectivity index (χ0) is 79.5. The Morgan fingerprint density at radius 1 is 0.504 bits per heavy atom. The summed E-state index contributed by atoms with van der Waals surface area (Å²) in [6.07, 6.45) is 22.8. The number of nitrogens with zero attached hydrogens (tertiary/aromatic N) is 5. The number of thiazole rings is 2. The van der Waals surface area contributed by atoms with Crippen molar-refractivity contribution >= 4 is 158 Å². The van der Waals surface area contributed by atoms with Crippen LogP contribution in [-0.2, 0) is 76.5 Å². The second kappa shape index (κ2) is 42.1. The van der Waals surface area contributed by atoms with Crippen LogP contribution in [0.4, 0.5) is 11.4 Å². The number of aromatic nitrogens is 2. The minimum Gasteiger partial charge on any atom is -1.00 e. The molecular weight excluding hydrogens is 1790 g/mol. The van der Waals surface area contributed by atoms with Crippen LogP contribution in [0, 0.1) is 10.8 Å². The molecule has 7 N–H and O–H groups in total. The third kappa shape index (κ3) is 23.9. The number of carbonyl (C=O) groups excluding carboxylic acids is 7. The van der Waals surface area contributed by atoms with E-state index in [1.54, 1.807) is 46.2 Å². The van der Waals surface area contributed by atoms with E-state index in [1.807, 2.05) is 109 Å². The molecule has 604 valence electrons. The number of carboxylic acid groups (broad SMARTS) is 1. The van der Waals surface area contributed by atoms with Gasteiger partial charge in [0, 0.05) is 99.0 Å². The van der Waals surface area contributed by atoms with E-state index in [4.69, 9.17) is 9.94 Å². The summed E-state index contributed by atoms with van der Waals surface area (Å²) < 4.78 is 71.6. The van der Waals surface area contributed by atoms with Gasteiger partial charge < -0.3 is 89.0 Å². The fraction of sp³-hybridized carbons (Fsp3) is 0.375. The molecule has 0 bridgehead atoms. The van der Waals surface area contributed by atoms with Gasteiger partial charge in [-0.3, -0.25) is 42.7 Å². The first-order valence-corrected chi connectivity index (χ1v) is 43.6. The Hall–Kier alpha value is -7.88. The zero-order valence-corrected chi connectivity index (χ0v) is 72.3. The van der Waals surface area contributed by atoms with Crippen LogP contribution in [0.25, 0.3) is 32.6 Å². The first-order valence-electron chi connectivity index (χ1n) is 37.1. The molecular formula is C80H93I2N9O16S6. The molecule has 1 saturated heterocycles. The van der Waals surface area contributed by atoms with Crippen molar-refractivity contribution in [1.82, 2.24) is 26.3 Å². The number of nitrogens with one attached hydrogen (secondary N) is 4. The number of halogens is 2. The average Bonchev–Trinajstić information content (AvgIpc) is 1.77. The fourth-order valence-electron chi connectivity index (χ4n) is 13.8. The molecule has 33 heteroatoms. The van der Waals surface area contributed by atoms with E-state index in [2.05, 4.69) is 116 Å². The quantitative estimate of drug-likeness (QED) is 0.00647. The molecule has 6 aromatic rings. The number of hydrogen-bond acceptors (Lipinski definition) is 19. The van der Waals surface area contributed by atoms with Crippen molar-refractivity contribution in [2.75, 3.05) is 60.6 Å². The van der Waals surface area contributed by atoms with Crippen molar-refractivity contribution in [2.24, 2.45) is 10.8 Å². The molecule has 2 unspecified atom stereocenters. The summed E-state index contributed by atoms with van der Waals surface area (Å²) in [6, 6.07) is 32.5. The molecule has 2 aromatic heterocycles. The summed E-state index contributed by atoms with van der Waals surface area (Å²) in [4.78, 5) is 115. The number of thioether (sulfide) groups is 2. The topological polar surface area (TPSA) is 340 Å². The predicted molar refractivity (Wildman–Crippen MR) is 433 cm³/mol. The smallest absolute Gasteiger partial charge is 0.333 e. The number of allylic oxidation sites excluding steroid dienone is 12. The highest BCUT2D eigenvalue weighted by Crippen LogP contribution is 2.48. The number of hydrogen-bond donors (Lipinski definition) is 7. The van der Waals surface area contributed by atoms with Gasteiger partial charge in [0.05, 0.1) is 32.9 Å². The first-order chi connectivity index (χ1) is 53.2. The van der Waals surface area contributed by atoms with Crippen molar-refractivity contribution < 1.29 is 131 Å². The van der Waals surface area contributed by atoms with E-state index in [0.717, 1.165) is 99.0 Å². The number of para-hydroxylation sites is 4. The molecule has 5 heterocycles. The summed E-state index contributed by atoms with van der Waals surface area (Å²) in [7, 11) is -8.75. The number of benzene rings is 4. The average molecular weight is 1880 g/mol. The lowest BCUT2D eigenvalue weighted by Gasteiger charge is -2.35. The largest absolute Gasteiger partial charge is 1.00 e. The van der Waals surface area contributed by atoms with Crippen molar-refractivity contribution in [1.29, 1.82) is 0 Å². The summed E-state index contributed by atoms with van der Waals surface area (Å²) in [6.45, 7) is 10.9. The standard InChI is InChI=1S/C42H47N5O9S3.C38H44N4O7S3.2HI/c1-3-45-31-12-7-9-14-33(31)57-37(45)21-17-29-26-30(18-22-38-46(4-2)32-13-8-10-15-34(32)58-38)28-42(27-29,41(52)44-24-25-59(53,54)55)40(51)43-23-11-5-6-16-39(50)56-47-35(48)19-20-36(47)49;1-3-41-29-12-7-9-14-31(29)50-33(41)19-17-27-24-28(18-20-34-42(4-2)30-13-8-10-15-32(30)51-34)26-38(25-27,37(46)40-22-23-52(47,48)49)36(45)39-21-11-5-6-16-35(43)44;;/h7-10,12-15,17-18,21-22,26H,3-6,11,16,19-20,23-25,27-28H2,1-2H3,(H2-,43,44,51,52,53,54,55);7-10,12-15,17-20,24H,3-6,11,16,21-23,25-26H2,1-2H3,(H3-,39,40,43,44,45,46,47,48,49);2*1H. The molecule has 25 nitrogen and oxygen atoms in total. The van der Waals surface area contributed by atoms with Gasteiger partial charge in [0.1, 0.15) is 33.3 Å². The predicted octanol–water partition coefficient (Wildman–Crippen LogP) is 5.72. The highest BCUT2D eigenvalue weighted by atomic mass is 127. The highest BCUT2D eigenvalue weighted by molar-refractivity contribution is 8.04. The summed E-state index contributed by atoms with van der Waals surface area (Å²) in [5, 5.41) is 24.6. The van der Waals surface area contributed by atoms with E-state index in [-0.39, 0.29) is 119 Å². The van der Waals surface area contributed by atoms with Crippen molar-refractivity contribution in [3.63, 3.8) is 0 Å². The first kappa shape index (κ1) is 90.7. The lowest BCUT2D eigenvalue weighted by molar-refractivity contribution is -0.665. The Labute approximate surface area is 709 Å². The van der Waals surface area contributed by atoms with Gasteiger partial charge in [0.15, 0.2) is 0 Å². The van der Waals surface area contributed by atoms with Crippen molar-refractivity contribution in [3.8, 4) is 0 Å². The minimum absolute atomic E-state index is 0. The number of amides is 6. The third-order valence-electron chi connectivity index (χ3n) is 19.3. The van der Waals surface area contributed by atoms with Gasteiger partial charge in [-0.25, -0.2) is 4.79 Å². The summed E-state index contributed by atoms with van der Waals surface area (Å²) in [5.41, 5.74) is 4.02. The van der Waals surface area contributed by atoms with Crippen LogP contribution in [0.15, 0.2) is 188 Å². The van der Waals surface area contributed by atoms with E-state index < -0.39 is 96.5 Å². The molecule has 2 aliphatic carbocycles. The van der Waals surface area contributed by atoms with Crippen LogP contribution < -0.4 is 88.2 Å². The maximum absolute atomic E-state index is 14.4. The number of hydroxylamine groups is 2. The number of carboxylic acids is 1. The fourth-order valence-corrected chi connectivity index (χ4v) is 19.1. The Kier molecular flexibility index (Phi) is 33.8. The van der Waals surface area contributed by atoms with E-state index >= 15 is 0 Å². The third-order valence-corrected chi connectivity index (χ3v) is 25.2. The Balaban J connectivity index is 0.000000280. The van der Waals surface area contributed by atoms with Gasteiger partial charge >= 0.3 is 11.9 Å². The Bertz CT molecular complexity index is 5040. The second-order valence-corrected chi connectivity index (χ2v) is 34.5. The second-order valence-electron chi connectivity index (χ2n) is 27.1. The van der Waals surface area contributed by atoms with Gasteiger partial charge in [-0.2, -0.15) is 26.0 Å². The molecule has 4 aromatic carbocycles. The number of carbonyl (C=O) groups is 8. The molecule has 0 saturated carbocycles. The Morgan fingerprint density at radius 3 is 1.29 bits per heavy atom. The van der Waals surface area contributed by atoms with Crippen LogP contribution in [0.1, 0.15) is 128 Å². The number of imide groups is 1. The summed E-state index contributed by atoms with van der Waals surface area (Å²) in [5.74, 6) is -6.46. The SMILES string of the molecule is CCN1/C(=C/C=C2C=C(/C=C/c3sc4ccccc4[n+]3CC)CC(C(=O)NCCCCCC(=O)O)(C(=O)NCCS(=O)(=O)O)C/2)Sc2ccccc21.CCN1/C(=C/C=C2C=C(/C=C/c3sc4ccccc4[n+]3CC)CC(C(=O)NCCCCCC(=O)ON3C(=O)CCC3=O)(C(=O)NCCS(=O)(=O)O)C/2)Sc2ccccc21.[I-].[I-]. The van der Waals surface area contributed by atoms with Gasteiger partial charge in [-0.15, -0.1) is 5.06 Å². The minimum atomic E-state index is -4.39. The normalized spacial score (nSPS) is 18.9. The van der Waals surface area contributed by atoms with Gasteiger partial charge in [0.25, 0.3) is 42.1 Å². The van der Waals surface area contributed by atoms with Gasteiger partial charge in [0.2, 0.25) is 34.7 Å². The van der Waals surface area contributed by atoms with Crippen LogP contribution in [-0.4, -0.2) is 134 Å². The van der Waals surface area contributed by atoms with E-state index in [9.17, 15) is 64.3 Å². The maximum atomic E-state index is 14.4. The number of unbranched alkanes of at least 4 members (excludes halogenated alkanes) is 4. The number of anilines is 2. The maximum Gasteiger partial charge on any atom is 0.333 e. The molecule has 2 atom stereocenters. The van der Waals surface area contributed by atoms with Crippen molar-refractivity contribution in [3.05, 3.63) is 188 Å². The van der Waals surface area contributed by atoms with Crippen LogP contribution in [0.2, 0.25) is 0 Å². The monoisotopic (exact) mass is 1880 g/mol.